The molecule has 1 rings (SSSR count). The van der Waals surface area contributed by atoms with Crippen LogP contribution in [0, 0.1) is 0 Å². The first-order valence-electron chi connectivity index (χ1n) is 24.3. The van der Waals surface area contributed by atoms with E-state index in [-0.39, 0.29) is 70.9 Å². The highest BCUT2D eigenvalue weighted by atomic mass is 33.1. The van der Waals surface area contributed by atoms with E-state index in [0.717, 1.165) is 57.7 Å². The lowest BCUT2D eigenvalue weighted by atomic mass is 10.1. The van der Waals surface area contributed by atoms with Crippen molar-refractivity contribution in [3.8, 4) is 0 Å². The van der Waals surface area contributed by atoms with E-state index in [2.05, 4.69) is 52.6 Å². The van der Waals surface area contributed by atoms with Gasteiger partial charge in [0.05, 0.1) is 0 Å². The van der Waals surface area contributed by atoms with Gasteiger partial charge in [0.15, 0.2) is 0 Å². The Bertz CT molecular complexity index is 1760. The lowest BCUT2D eigenvalue weighted by Gasteiger charge is -2.23. The van der Waals surface area contributed by atoms with Crippen molar-refractivity contribution >= 4 is 115 Å². The molecule has 462 valence electrons. The summed E-state index contributed by atoms with van der Waals surface area (Å²) in [5, 5.41) is 8.84. The van der Waals surface area contributed by atoms with Crippen molar-refractivity contribution in [2.45, 2.75) is 125 Å². The molecule has 6 amide bonds. The molecule has 1 atom stereocenters. The maximum Gasteiger partial charge on any atom is 0.373 e. The van der Waals surface area contributed by atoms with Gasteiger partial charge < -0.3 is 39.4 Å². The Morgan fingerprint density at radius 3 is 1.21 bits per heavy atom. The van der Waals surface area contributed by atoms with Crippen molar-refractivity contribution in [3.05, 3.63) is 24.4 Å². The number of carbonyl (C=O) groups excluding carboxylic acids is 16. The van der Waals surface area contributed by atoms with Crippen LogP contribution < -0.4 is 0 Å². The fourth-order valence-corrected chi connectivity index (χ4v) is 7.51. The van der Waals surface area contributed by atoms with E-state index in [1.165, 1.54) is 24.9 Å². The first-order valence-corrected chi connectivity index (χ1v) is 29.6. The molecule has 0 bridgehead atoms. The molecule has 1 N–H and O–H groups in total. The molecule has 0 aliphatic carbocycles. The monoisotopic (exact) mass is 1220 g/mol. The SMILES string of the molecule is C=C1C=CC(=O)N1CCCCCC(=O)N(C)[C@@H](C)C(=O)O.CCN(C)C.CCN(C)C(=O)CCC(C)(C)SSC.CCN(C)C(=O)CCSSC.CCN(C)C(C)=O.CCN(C)C(C)=O.O=C=O.O=C=O.O=C=O.O=C=O.O=C=O. The van der Waals surface area contributed by atoms with Crippen LogP contribution in [0.2, 0.25) is 0 Å². The summed E-state index contributed by atoms with van der Waals surface area (Å²) in [6, 6.07) is -0.811. The van der Waals surface area contributed by atoms with Gasteiger partial charge in [-0.2, -0.15) is 47.9 Å². The van der Waals surface area contributed by atoms with Gasteiger partial charge in [-0.3, -0.25) is 28.8 Å². The van der Waals surface area contributed by atoms with Crippen LogP contribution in [0.3, 0.4) is 0 Å². The highest BCUT2D eigenvalue weighted by Gasteiger charge is 2.22. The lowest BCUT2D eigenvalue weighted by Crippen LogP contribution is -2.40. The second kappa shape index (κ2) is 71.0. The normalized spacial score (nSPS) is 9.97. The molecule has 0 saturated carbocycles. The number of hydrogen-bond acceptors (Lipinski definition) is 22. The number of likely N-dealkylation sites (N-methyl/N-ethyl adjacent to an activating group) is 1. The molecule has 0 aromatic carbocycles. The maximum atomic E-state index is 11.8. The Labute approximate surface area is 490 Å². The number of nitrogens with zero attached hydrogens (tertiary/aromatic N) is 7. The number of hydrogen-bond donors (Lipinski definition) is 1. The summed E-state index contributed by atoms with van der Waals surface area (Å²) in [4.78, 5) is 170. The third-order valence-electron chi connectivity index (χ3n) is 9.86. The van der Waals surface area contributed by atoms with Crippen LogP contribution in [-0.4, -0.2) is 229 Å². The van der Waals surface area contributed by atoms with E-state index in [0.29, 0.717) is 37.9 Å². The van der Waals surface area contributed by atoms with Crippen LogP contribution in [0.25, 0.3) is 0 Å². The molecule has 0 aromatic rings. The zero-order valence-corrected chi connectivity index (χ0v) is 53.8. The number of aliphatic carboxylic acids is 1. The maximum absolute atomic E-state index is 11.8. The Balaban J connectivity index is -0.0000000915. The Morgan fingerprint density at radius 2 is 0.950 bits per heavy atom. The predicted octanol–water partition coefficient (Wildman–Crippen LogP) is 4.91. The number of carboxylic acid groups (broad SMARTS) is 1. The molecule has 1 aliphatic heterocycles. The molecule has 0 spiro atoms. The van der Waals surface area contributed by atoms with Gasteiger partial charge in [-0.1, -0.05) is 63.1 Å². The number of amides is 6. The van der Waals surface area contributed by atoms with Crippen molar-refractivity contribution in [3.63, 3.8) is 0 Å². The fraction of sp³-hybridized carbons (Fsp3) is 0.686. The average Bonchev–Trinajstić information content (AvgIpc) is 3.73. The molecule has 0 saturated heterocycles. The minimum Gasteiger partial charge on any atom is -0.480 e. The first kappa shape index (κ1) is 96.3. The van der Waals surface area contributed by atoms with Crippen LogP contribution in [-0.2, 0) is 81.5 Å². The van der Waals surface area contributed by atoms with Gasteiger partial charge in [0.25, 0.3) is 5.91 Å². The quantitative estimate of drug-likeness (QED) is 0.111. The molecule has 1 heterocycles. The minimum absolute atomic E-state index is 0.0499. The van der Waals surface area contributed by atoms with Crippen LogP contribution in [0.5, 0.6) is 0 Å². The minimum atomic E-state index is -1.01. The fourth-order valence-electron chi connectivity index (χ4n) is 4.09. The predicted molar refractivity (Wildman–Crippen MR) is 307 cm³/mol. The largest absolute Gasteiger partial charge is 0.480 e. The molecule has 25 nitrogen and oxygen atoms in total. The first-order chi connectivity index (χ1) is 37.2. The third kappa shape index (κ3) is 78.5. The number of allylic oxidation sites excluding steroid dienone is 1. The average molecular weight is 1220 g/mol. The van der Waals surface area contributed by atoms with Gasteiger partial charge in [-0.25, -0.2) is 4.79 Å². The van der Waals surface area contributed by atoms with Crippen molar-refractivity contribution in [1.82, 2.24) is 34.3 Å². The summed E-state index contributed by atoms with van der Waals surface area (Å²) in [6.07, 6.45) is 13.4. The van der Waals surface area contributed by atoms with Crippen LogP contribution in [0.1, 0.15) is 114 Å². The number of rotatable bonds is 22. The smallest absolute Gasteiger partial charge is 0.373 e. The van der Waals surface area contributed by atoms with Crippen molar-refractivity contribution in [2.24, 2.45) is 0 Å². The molecule has 0 unspecified atom stereocenters. The van der Waals surface area contributed by atoms with Crippen molar-refractivity contribution in [1.29, 1.82) is 0 Å². The Morgan fingerprint density at radius 1 is 0.588 bits per heavy atom. The van der Waals surface area contributed by atoms with Gasteiger partial charge >= 0.3 is 36.7 Å². The van der Waals surface area contributed by atoms with Crippen LogP contribution in [0.15, 0.2) is 24.4 Å². The summed E-state index contributed by atoms with van der Waals surface area (Å²) in [5.74, 6) is 0.440. The number of carbonyl (C=O) groups is 7. The Hall–Kier alpha value is -5.97. The van der Waals surface area contributed by atoms with E-state index in [1.54, 1.807) is 90.9 Å². The highest BCUT2D eigenvalue weighted by molar-refractivity contribution is 8.77. The molecule has 29 heteroatoms. The molecule has 1 aliphatic rings. The summed E-state index contributed by atoms with van der Waals surface area (Å²) >= 11 is 0. The molecular formula is C51H91N7O18S4. The summed E-state index contributed by atoms with van der Waals surface area (Å²) in [6.45, 7) is 27.7. The zero-order chi connectivity index (χ0) is 65.4. The zero-order valence-electron chi connectivity index (χ0n) is 50.5. The lowest BCUT2D eigenvalue weighted by molar-refractivity contribution is -0.193. The second-order valence-corrected chi connectivity index (χ2v) is 21.9. The molecule has 0 radical (unpaired) electrons. The number of carboxylic acids is 1. The van der Waals surface area contributed by atoms with E-state index in [4.69, 9.17) is 53.1 Å². The second-order valence-electron chi connectivity index (χ2n) is 16.1. The van der Waals surface area contributed by atoms with Crippen molar-refractivity contribution in [2.75, 3.05) is 107 Å². The molecule has 0 fully saturated rings. The highest BCUT2D eigenvalue weighted by Crippen LogP contribution is 2.37. The van der Waals surface area contributed by atoms with Crippen molar-refractivity contribution < 1.29 is 86.6 Å². The van der Waals surface area contributed by atoms with Gasteiger partial charge in [0.1, 0.15) is 6.04 Å². The summed E-state index contributed by atoms with van der Waals surface area (Å²) in [5.41, 5.74) is 0.700. The standard InChI is InChI=1S/C15H22N2O4.C10H21NOS2.C7H15NOS2.2C5H11NO.C4H11N.5CO2/c1-11-8-9-14(19)17(11)10-6-4-5-7-13(18)16(3)12(2)15(20)21;1-6-11(4)9(12)7-8-10(2,3)14-13-5;1-4-8(2)7(9)5-6-11-10-3;2*1-4-6(3)5(2)7;1-4-5(2)3;5*2-1-3/h8-9,12H,1,4-7,10H2,2-3H3,(H,20,21);6-8H2,1-5H3;4-6H2,1-3H3;2*4H2,1-3H3;4H2,1-3H3;;;;;/t12-;;;;;;;;;;/m0........../s1. The van der Waals surface area contributed by atoms with E-state index in [1.807, 2.05) is 58.8 Å². The molecule has 0 aromatic heterocycles. The molecule has 80 heavy (non-hydrogen) atoms. The van der Waals surface area contributed by atoms with Gasteiger partial charge in [0.2, 0.25) is 29.5 Å². The van der Waals surface area contributed by atoms with Crippen LogP contribution >= 0.6 is 43.2 Å². The topological polar surface area (TPSA) is 333 Å². The van der Waals surface area contributed by atoms with Gasteiger partial charge in [-0.15, -0.1) is 0 Å². The Kier molecular flexibility index (Phi) is 85.5. The third-order valence-corrected chi connectivity index (χ3v) is 14.3. The van der Waals surface area contributed by atoms with Gasteiger partial charge in [-0.05, 0) is 107 Å². The van der Waals surface area contributed by atoms with E-state index in [9.17, 15) is 33.6 Å². The molecular weight excluding hydrogens is 1130 g/mol. The summed E-state index contributed by atoms with van der Waals surface area (Å²) < 4.78 is 0.198. The van der Waals surface area contributed by atoms with Gasteiger partial charge in [0, 0.05) is 123 Å². The summed E-state index contributed by atoms with van der Waals surface area (Å²) in [7, 11) is 19.9. The van der Waals surface area contributed by atoms with E-state index >= 15 is 0 Å². The van der Waals surface area contributed by atoms with Crippen LogP contribution in [0.4, 0.5) is 0 Å². The van der Waals surface area contributed by atoms with E-state index < -0.39 is 12.0 Å². The number of unbranched alkanes of at least 4 members (excludes halogenated alkanes) is 2.